The van der Waals surface area contributed by atoms with Crippen molar-refractivity contribution in [2.75, 3.05) is 26.8 Å². The highest BCUT2D eigenvalue weighted by atomic mass is 16.5. The van der Waals surface area contributed by atoms with Gasteiger partial charge < -0.3 is 18.8 Å². The number of benzene rings is 2. The second-order valence-corrected chi connectivity index (χ2v) is 7.39. The first-order valence-corrected chi connectivity index (χ1v) is 10.2. The van der Waals surface area contributed by atoms with Crippen LogP contribution in [0, 0.1) is 0 Å². The van der Waals surface area contributed by atoms with E-state index in [9.17, 15) is 9.59 Å². The van der Waals surface area contributed by atoms with Crippen molar-refractivity contribution in [3.8, 4) is 5.75 Å². The van der Waals surface area contributed by atoms with Crippen molar-refractivity contribution in [2.45, 2.75) is 18.8 Å². The summed E-state index contributed by atoms with van der Waals surface area (Å²) < 4.78 is 16.1. The zero-order chi connectivity index (χ0) is 21.6. The molecule has 1 fully saturated rings. The molecule has 0 N–H and O–H groups in total. The molecule has 160 valence electrons. The molecule has 0 unspecified atom stereocenters. The van der Waals surface area contributed by atoms with Crippen LogP contribution in [0.1, 0.15) is 30.2 Å². The van der Waals surface area contributed by atoms with Gasteiger partial charge in [0.1, 0.15) is 11.3 Å². The Hall–Kier alpha value is -3.61. The monoisotopic (exact) mass is 420 g/mol. The molecule has 0 bridgehead atoms. The molecule has 0 spiro atoms. The number of likely N-dealkylation sites (tertiary alicyclic amines) is 1. The van der Waals surface area contributed by atoms with Gasteiger partial charge in [-0.05, 0) is 48.7 Å². The van der Waals surface area contributed by atoms with Gasteiger partial charge in [-0.1, -0.05) is 24.3 Å². The van der Waals surface area contributed by atoms with E-state index in [1.165, 1.54) is 6.08 Å². The van der Waals surface area contributed by atoms with Crippen molar-refractivity contribution < 1.29 is 23.5 Å². The molecule has 2 aromatic carbocycles. The summed E-state index contributed by atoms with van der Waals surface area (Å²) in [5, 5.41) is 0. The molecule has 1 amide bonds. The lowest BCUT2D eigenvalue weighted by atomic mass is 9.97. The molecule has 0 radical (unpaired) electrons. The smallest absolute Gasteiger partial charge is 0.331 e. The number of esters is 1. The van der Waals surface area contributed by atoms with Gasteiger partial charge in [-0.3, -0.25) is 4.79 Å². The lowest BCUT2D eigenvalue weighted by Gasteiger charge is -2.30. The van der Waals surface area contributed by atoms with Gasteiger partial charge in [0, 0.05) is 25.1 Å². The Morgan fingerprint density at radius 3 is 2.74 bits per heavy atom. The predicted octanol–water partition coefficient (Wildman–Crippen LogP) is 3.80. The van der Waals surface area contributed by atoms with Gasteiger partial charge >= 0.3 is 5.97 Å². The molecule has 0 aliphatic carbocycles. The summed E-state index contributed by atoms with van der Waals surface area (Å²) in [6, 6.07) is 15.0. The normalized spacial score (nSPS) is 14.8. The highest BCUT2D eigenvalue weighted by Gasteiger charge is 2.27. The number of rotatable bonds is 6. The molecule has 7 nitrogen and oxygen atoms in total. The van der Waals surface area contributed by atoms with E-state index in [4.69, 9.17) is 13.9 Å². The molecule has 1 aromatic heterocycles. The first-order valence-electron chi connectivity index (χ1n) is 10.2. The largest absolute Gasteiger partial charge is 0.497 e. The third-order valence-electron chi connectivity index (χ3n) is 5.35. The van der Waals surface area contributed by atoms with Crippen LogP contribution in [-0.4, -0.2) is 48.6 Å². The van der Waals surface area contributed by atoms with Crippen LogP contribution in [0.3, 0.4) is 0 Å². The number of piperidine rings is 1. The van der Waals surface area contributed by atoms with Gasteiger partial charge in [0.15, 0.2) is 18.1 Å². The van der Waals surface area contributed by atoms with Crippen molar-refractivity contribution >= 4 is 29.1 Å². The Labute approximate surface area is 180 Å². The Kier molecular flexibility index (Phi) is 6.31. The fourth-order valence-corrected chi connectivity index (χ4v) is 3.62. The average molecular weight is 420 g/mol. The highest BCUT2D eigenvalue weighted by molar-refractivity contribution is 5.89. The number of oxazole rings is 1. The number of methoxy groups -OCH3 is 1. The quantitative estimate of drug-likeness (QED) is 0.446. The van der Waals surface area contributed by atoms with Gasteiger partial charge in [0.2, 0.25) is 0 Å². The van der Waals surface area contributed by atoms with E-state index in [0.29, 0.717) is 18.8 Å². The van der Waals surface area contributed by atoms with E-state index in [2.05, 4.69) is 4.98 Å². The number of carbonyl (C=O) groups is 2. The van der Waals surface area contributed by atoms with Crippen LogP contribution < -0.4 is 4.74 Å². The second kappa shape index (κ2) is 9.47. The predicted molar refractivity (Wildman–Crippen MR) is 116 cm³/mol. The molecule has 1 aliphatic rings. The molecular weight excluding hydrogens is 396 g/mol. The van der Waals surface area contributed by atoms with Crippen LogP contribution in [-0.2, 0) is 14.3 Å². The number of carbonyl (C=O) groups excluding carboxylic acids is 2. The number of hydrogen-bond acceptors (Lipinski definition) is 6. The minimum Gasteiger partial charge on any atom is -0.497 e. The highest BCUT2D eigenvalue weighted by Crippen LogP contribution is 2.29. The maximum absolute atomic E-state index is 12.4. The number of nitrogens with zero attached hydrogens (tertiary/aromatic N) is 2. The van der Waals surface area contributed by atoms with E-state index in [0.717, 1.165) is 35.4 Å². The second-order valence-electron chi connectivity index (χ2n) is 7.39. The summed E-state index contributed by atoms with van der Waals surface area (Å²) in [5.74, 6) is 0.857. The Bertz CT molecular complexity index is 1060. The Morgan fingerprint density at radius 2 is 1.97 bits per heavy atom. The maximum atomic E-state index is 12.4. The van der Waals surface area contributed by atoms with Crippen LogP contribution in [0.5, 0.6) is 5.75 Å². The van der Waals surface area contributed by atoms with Crippen LogP contribution >= 0.6 is 0 Å². The SMILES string of the molecule is COc1cccc(/C=C/C(=O)OCC(=O)N2CCC(c3nc4ccccc4o3)CC2)c1. The van der Waals surface area contributed by atoms with Crippen molar-refractivity contribution in [3.05, 3.63) is 66.1 Å². The van der Waals surface area contributed by atoms with Crippen LogP contribution in [0.4, 0.5) is 0 Å². The number of aromatic nitrogens is 1. The fourth-order valence-electron chi connectivity index (χ4n) is 3.62. The summed E-state index contributed by atoms with van der Waals surface area (Å²) in [6.45, 7) is 0.897. The van der Waals surface area contributed by atoms with Crippen molar-refractivity contribution in [2.24, 2.45) is 0 Å². The zero-order valence-corrected chi connectivity index (χ0v) is 17.3. The standard InChI is InChI=1S/C24H24N2O5/c1-29-19-6-4-5-17(15-19)9-10-23(28)30-16-22(27)26-13-11-18(12-14-26)24-25-20-7-2-3-8-21(20)31-24/h2-10,15,18H,11-14,16H2,1H3/b10-9+. The van der Waals surface area contributed by atoms with Crippen LogP contribution in [0.2, 0.25) is 0 Å². The van der Waals surface area contributed by atoms with Crippen molar-refractivity contribution in [1.82, 2.24) is 9.88 Å². The minimum atomic E-state index is -0.558. The number of ether oxygens (including phenoxy) is 2. The van der Waals surface area contributed by atoms with Gasteiger partial charge in [0.25, 0.3) is 5.91 Å². The third-order valence-corrected chi connectivity index (χ3v) is 5.35. The van der Waals surface area contributed by atoms with E-state index in [-0.39, 0.29) is 18.4 Å². The Balaban J connectivity index is 1.24. The van der Waals surface area contributed by atoms with Crippen LogP contribution in [0.25, 0.3) is 17.2 Å². The molecule has 0 saturated carbocycles. The lowest BCUT2D eigenvalue weighted by Crippen LogP contribution is -2.40. The average Bonchev–Trinajstić information content (AvgIpc) is 3.26. The molecule has 1 aliphatic heterocycles. The summed E-state index contributed by atoms with van der Waals surface area (Å²) in [4.78, 5) is 30.6. The van der Waals surface area contributed by atoms with E-state index in [1.54, 1.807) is 24.2 Å². The van der Waals surface area contributed by atoms with Crippen molar-refractivity contribution in [1.29, 1.82) is 0 Å². The number of fused-ring (bicyclic) bond motifs is 1. The first kappa shape index (κ1) is 20.7. The van der Waals surface area contributed by atoms with E-state index >= 15 is 0 Å². The summed E-state index contributed by atoms with van der Waals surface area (Å²) >= 11 is 0. The Morgan fingerprint density at radius 1 is 1.16 bits per heavy atom. The first-order chi connectivity index (χ1) is 15.1. The zero-order valence-electron chi connectivity index (χ0n) is 17.3. The molecular formula is C24H24N2O5. The minimum absolute atomic E-state index is 0.185. The summed E-state index contributed by atoms with van der Waals surface area (Å²) in [5.41, 5.74) is 2.44. The molecule has 4 rings (SSSR count). The lowest BCUT2D eigenvalue weighted by molar-refractivity contribution is -0.148. The van der Waals surface area contributed by atoms with E-state index < -0.39 is 5.97 Å². The van der Waals surface area contributed by atoms with Gasteiger partial charge in [-0.2, -0.15) is 0 Å². The molecule has 31 heavy (non-hydrogen) atoms. The maximum Gasteiger partial charge on any atom is 0.331 e. The van der Waals surface area contributed by atoms with Gasteiger partial charge in [0.05, 0.1) is 7.11 Å². The number of hydrogen-bond donors (Lipinski definition) is 0. The molecule has 2 heterocycles. The molecule has 1 saturated heterocycles. The fraction of sp³-hybridized carbons (Fsp3) is 0.292. The number of para-hydroxylation sites is 2. The number of amides is 1. The van der Waals surface area contributed by atoms with E-state index in [1.807, 2.05) is 42.5 Å². The van der Waals surface area contributed by atoms with Gasteiger partial charge in [-0.15, -0.1) is 0 Å². The summed E-state index contributed by atoms with van der Waals surface area (Å²) in [6.07, 6.45) is 4.47. The van der Waals surface area contributed by atoms with Crippen LogP contribution in [0.15, 0.2) is 59.0 Å². The molecule has 7 heteroatoms. The van der Waals surface area contributed by atoms with Gasteiger partial charge in [-0.25, -0.2) is 9.78 Å². The topological polar surface area (TPSA) is 81.9 Å². The molecule has 3 aromatic rings. The van der Waals surface area contributed by atoms with Crippen molar-refractivity contribution in [3.63, 3.8) is 0 Å². The molecule has 0 atom stereocenters. The summed E-state index contributed by atoms with van der Waals surface area (Å²) in [7, 11) is 1.58. The third kappa shape index (κ3) is 5.12.